The Hall–Kier alpha value is -1.03. The van der Waals surface area contributed by atoms with E-state index in [1.54, 1.807) is 24.4 Å². The molecule has 1 aromatic heterocycles. The van der Waals surface area contributed by atoms with Crippen LogP contribution in [0, 0.1) is 0 Å². The Morgan fingerprint density at radius 1 is 1.60 bits per heavy atom. The zero-order chi connectivity index (χ0) is 7.40. The van der Waals surface area contributed by atoms with E-state index in [1.807, 2.05) is 0 Å². The Bertz CT molecular complexity index is 224. The van der Waals surface area contributed by atoms with Crippen molar-refractivity contribution in [3.8, 4) is 0 Å². The van der Waals surface area contributed by atoms with E-state index in [1.165, 1.54) is 0 Å². The van der Waals surface area contributed by atoms with Crippen LogP contribution in [0.4, 0.5) is 4.79 Å². The van der Waals surface area contributed by atoms with Gasteiger partial charge in [-0.2, -0.15) is 0 Å². The predicted octanol–water partition coefficient (Wildman–Crippen LogP) is 1.85. The lowest BCUT2D eigenvalue weighted by Gasteiger charge is -1.90. The summed E-state index contributed by atoms with van der Waals surface area (Å²) in [5.41, 5.74) is 0. The fraction of sp³-hybridized carbons (Fsp3) is 0. The van der Waals surface area contributed by atoms with Gasteiger partial charge in [0, 0.05) is 18.0 Å². The molecule has 1 aromatic rings. The Balaban J connectivity index is 2.67. The van der Waals surface area contributed by atoms with Gasteiger partial charge in [0.15, 0.2) is 0 Å². The number of nitrogens with zero attached hydrogens (tertiary/aromatic N) is 1. The van der Waals surface area contributed by atoms with Crippen LogP contribution in [-0.2, 0) is 0 Å². The molecule has 0 aliphatic rings. The number of hydrogen-bond donors (Lipinski definition) is 1. The van der Waals surface area contributed by atoms with Crippen LogP contribution in [-0.4, -0.2) is 15.4 Å². The number of carbonyl (C=O) groups is 1. The maximum absolute atomic E-state index is 10.1. The summed E-state index contributed by atoms with van der Waals surface area (Å²) in [7, 11) is 0. The van der Waals surface area contributed by atoms with Crippen LogP contribution < -0.4 is 0 Å². The van der Waals surface area contributed by atoms with Gasteiger partial charge >= 0.3 is 5.30 Å². The Morgan fingerprint density at radius 2 is 2.40 bits per heavy atom. The first-order valence-corrected chi connectivity index (χ1v) is 3.42. The van der Waals surface area contributed by atoms with Crippen LogP contribution in [0.15, 0.2) is 29.4 Å². The molecule has 1 rings (SSSR count). The molecule has 0 radical (unpaired) electrons. The van der Waals surface area contributed by atoms with Gasteiger partial charge < -0.3 is 5.11 Å². The van der Waals surface area contributed by atoms with Gasteiger partial charge in [-0.1, -0.05) is 6.07 Å². The highest BCUT2D eigenvalue weighted by molar-refractivity contribution is 8.13. The molecule has 52 valence electrons. The third kappa shape index (κ3) is 2.06. The van der Waals surface area contributed by atoms with Crippen LogP contribution in [0.5, 0.6) is 0 Å². The molecule has 0 unspecified atom stereocenters. The monoisotopic (exact) mass is 155 g/mol. The second kappa shape index (κ2) is 3.22. The molecule has 0 aliphatic carbocycles. The average molecular weight is 155 g/mol. The molecule has 0 spiro atoms. The average Bonchev–Trinajstić information content (AvgIpc) is 1.88. The Kier molecular flexibility index (Phi) is 2.28. The normalized spacial score (nSPS) is 9.20. The summed E-state index contributed by atoms with van der Waals surface area (Å²) in [6.07, 6.45) is 1.56. The van der Waals surface area contributed by atoms with Gasteiger partial charge in [0.05, 0.1) is 0 Å². The summed E-state index contributed by atoms with van der Waals surface area (Å²) in [4.78, 5) is 13.9. The van der Waals surface area contributed by atoms with Gasteiger partial charge in [0.25, 0.3) is 0 Å². The summed E-state index contributed by atoms with van der Waals surface area (Å²) in [5.74, 6) is 0. The number of rotatable bonds is 1. The SMILES string of the molecule is O=C(O)Sc1ccccn1. The second-order valence-corrected chi connectivity index (χ2v) is 2.51. The molecular weight excluding hydrogens is 150 g/mol. The van der Waals surface area contributed by atoms with Crippen LogP contribution in [0.3, 0.4) is 0 Å². The van der Waals surface area contributed by atoms with Gasteiger partial charge in [-0.05, 0) is 12.1 Å². The van der Waals surface area contributed by atoms with Crippen molar-refractivity contribution >= 4 is 17.1 Å². The van der Waals surface area contributed by atoms with E-state index < -0.39 is 5.30 Å². The zero-order valence-electron chi connectivity index (χ0n) is 5.02. The highest BCUT2D eigenvalue weighted by atomic mass is 32.2. The lowest BCUT2D eigenvalue weighted by atomic mass is 10.5. The summed E-state index contributed by atoms with van der Waals surface area (Å²) in [5, 5.41) is 7.87. The molecule has 0 amide bonds. The molecule has 4 heteroatoms. The number of carboxylic acid groups (broad SMARTS) is 1. The maximum Gasteiger partial charge on any atom is 0.371 e. The third-order valence-electron chi connectivity index (χ3n) is 0.830. The van der Waals surface area contributed by atoms with E-state index in [0.717, 1.165) is 0 Å². The molecule has 0 aliphatic heterocycles. The number of thioether (sulfide) groups is 1. The van der Waals surface area contributed by atoms with Crippen molar-refractivity contribution in [2.24, 2.45) is 0 Å². The lowest BCUT2D eigenvalue weighted by Crippen LogP contribution is -1.84. The Morgan fingerprint density at radius 3 is 2.90 bits per heavy atom. The van der Waals surface area contributed by atoms with Crippen molar-refractivity contribution in [2.75, 3.05) is 0 Å². The second-order valence-electron chi connectivity index (χ2n) is 1.54. The van der Waals surface area contributed by atoms with E-state index in [4.69, 9.17) is 5.11 Å². The van der Waals surface area contributed by atoms with Crippen molar-refractivity contribution in [1.82, 2.24) is 4.98 Å². The Labute approximate surface area is 62.1 Å². The van der Waals surface area contributed by atoms with Crippen LogP contribution in [0.2, 0.25) is 0 Å². The molecule has 0 bridgehead atoms. The molecule has 0 saturated heterocycles. The van der Waals surface area contributed by atoms with Crippen molar-refractivity contribution < 1.29 is 9.90 Å². The molecule has 3 nitrogen and oxygen atoms in total. The van der Waals surface area contributed by atoms with Crippen molar-refractivity contribution in [2.45, 2.75) is 5.03 Å². The quantitative estimate of drug-likeness (QED) is 0.629. The van der Waals surface area contributed by atoms with Gasteiger partial charge in [-0.15, -0.1) is 0 Å². The van der Waals surface area contributed by atoms with Gasteiger partial charge in [0.2, 0.25) is 0 Å². The van der Waals surface area contributed by atoms with Crippen LogP contribution >= 0.6 is 11.8 Å². The number of pyridine rings is 1. The molecule has 0 aromatic carbocycles. The third-order valence-corrected chi connectivity index (χ3v) is 1.45. The van der Waals surface area contributed by atoms with E-state index in [2.05, 4.69) is 4.98 Å². The zero-order valence-corrected chi connectivity index (χ0v) is 5.84. The first kappa shape index (κ1) is 7.08. The van der Waals surface area contributed by atoms with E-state index in [9.17, 15) is 4.79 Å². The molecule has 0 fully saturated rings. The summed E-state index contributed by atoms with van der Waals surface area (Å²) >= 11 is 0.704. The van der Waals surface area contributed by atoms with Crippen molar-refractivity contribution in [3.63, 3.8) is 0 Å². The number of aromatic nitrogens is 1. The minimum atomic E-state index is -0.932. The van der Waals surface area contributed by atoms with Crippen LogP contribution in [0.25, 0.3) is 0 Å². The standard InChI is InChI=1S/C6H5NO2S/c8-6(9)10-5-3-1-2-4-7-5/h1-4H,(H,8,9). The van der Waals surface area contributed by atoms with Crippen molar-refractivity contribution in [3.05, 3.63) is 24.4 Å². The smallest absolute Gasteiger partial charge is 0.371 e. The minimum Gasteiger partial charge on any atom is -0.473 e. The first-order valence-electron chi connectivity index (χ1n) is 2.61. The molecule has 0 saturated carbocycles. The molecular formula is C6H5NO2S. The van der Waals surface area contributed by atoms with Gasteiger partial charge in [0.1, 0.15) is 5.03 Å². The highest BCUT2D eigenvalue weighted by Gasteiger charge is 1.99. The molecule has 1 N–H and O–H groups in total. The van der Waals surface area contributed by atoms with Crippen molar-refractivity contribution in [1.29, 1.82) is 0 Å². The van der Waals surface area contributed by atoms with Gasteiger partial charge in [-0.25, -0.2) is 9.78 Å². The molecule has 1 heterocycles. The van der Waals surface area contributed by atoms with Gasteiger partial charge in [-0.3, -0.25) is 0 Å². The fourth-order valence-corrected chi connectivity index (χ4v) is 0.936. The fourth-order valence-electron chi connectivity index (χ4n) is 0.497. The largest absolute Gasteiger partial charge is 0.473 e. The highest BCUT2D eigenvalue weighted by Crippen LogP contribution is 2.13. The summed E-state index contributed by atoms with van der Waals surface area (Å²) in [6.45, 7) is 0. The number of hydrogen-bond acceptors (Lipinski definition) is 3. The summed E-state index contributed by atoms with van der Waals surface area (Å²) < 4.78 is 0. The lowest BCUT2D eigenvalue weighted by molar-refractivity contribution is 0.222. The van der Waals surface area contributed by atoms with Crippen LogP contribution in [0.1, 0.15) is 0 Å². The van der Waals surface area contributed by atoms with E-state index in [-0.39, 0.29) is 0 Å². The van der Waals surface area contributed by atoms with E-state index in [0.29, 0.717) is 16.8 Å². The minimum absolute atomic E-state index is 0.509. The first-order chi connectivity index (χ1) is 4.79. The molecule has 10 heavy (non-hydrogen) atoms. The topological polar surface area (TPSA) is 50.2 Å². The summed E-state index contributed by atoms with van der Waals surface area (Å²) in [6, 6.07) is 5.14. The maximum atomic E-state index is 10.1. The molecule has 0 atom stereocenters. The van der Waals surface area contributed by atoms with E-state index >= 15 is 0 Å². The predicted molar refractivity (Wildman–Crippen MR) is 38.1 cm³/mol.